The van der Waals surface area contributed by atoms with Gasteiger partial charge in [0.2, 0.25) is 21.8 Å². The quantitative estimate of drug-likeness (QED) is 0.713. The van der Waals surface area contributed by atoms with E-state index < -0.39 is 15.9 Å². The molecule has 3 rings (SSSR count). The van der Waals surface area contributed by atoms with Crippen LogP contribution in [0.3, 0.4) is 0 Å². The number of piperidine rings is 1. The topological polar surface area (TPSA) is 108 Å². The van der Waals surface area contributed by atoms with E-state index >= 15 is 0 Å². The van der Waals surface area contributed by atoms with Crippen molar-refractivity contribution in [3.8, 4) is 0 Å². The van der Waals surface area contributed by atoms with Gasteiger partial charge in [-0.2, -0.15) is 4.31 Å². The predicted octanol–water partition coefficient (Wildman–Crippen LogP) is 1.63. The lowest BCUT2D eigenvalue weighted by molar-refractivity contribution is -0.126. The van der Waals surface area contributed by atoms with Gasteiger partial charge in [0.1, 0.15) is 5.82 Å². The van der Waals surface area contributed by atoms with Crippen LogP contribution in [0.4, 0.5) is 5.82 Å². The van der Waals surface area contributed by atoms with Crippen LogP contribution in [-0.4, -0.2) is 49.2 Å². The molecule has 2 aromatic rings. The summed E-state index contributed by atoms with van der Waals surface area (Å²) in [5.74, 6) is -0.455. The summed E-state index contributed by atoms with van der Waals surface area (Å²) in [6, 6.07) is 13.4. The lowest BCUT2D eigenvalue weighted by atomic mass is 9.99. The SMILES string of the molecule is O=C(CCNC(=O)C1CCCN(S(=O)(=O)c2ccccc2)C1)Nc1ccccn1. The van der Waals surface area contributed by atoms with Gasteiger partial charge in [-0.15, -0.1) is 0 Å². The molecule has 0 spiro atoms. The maximum absolute atomic E-state index is 12.8. The van der Waals surface area contributed by atoms with Crippen LogP contribution in [0.1, 0.15) is 19.3 Å². The van der Waals surface area contributed by atoms with Crippen LogP contribution >= 0.6 is 0 Å². The van der Waals surface area contributed by atoms with E-state index in [4.69, 9.17) is 0 Å². The normalized spacial score (nSPS) is 17.4. The first-order valence-corrected chi connectivity index (χ1v) is 10.9. The molecule has 1 saturated heterocycles. The number of amides is 2. The van der Waals surface area contributed by atoms with Crippen molar-refractivity contribution in [1.29, 1.82) is 0 Å². The molecule has 1 aliphatic rings. The van der Waals surface area contributed by atoms with Gasteiger partial charge < -0.3 is 10.6 Å². The third-order valence-electron chi connectivity index (χ3n) is 4.72. The second kappa shape index (κ2) is 9.62. The molecule has 0 bridgehead atoms. The van der Waals surface area contributed by atoms with E-state index in [1.54, 1.807) is 54.7 Å². The summed E-state index contributed by atoms with van der Waals surface area (Å²) in [5.41, 5.74) is 0. The van der Waals surface area contributed by atoms with Crippen molar-refractivity contribution in [2.75, 3.05) is 25.0 Å². The Balaban J connectivity index is 1.49. The standard InChI is InChI=1S/C20H24N4O4S/c25-19(23-18-10-4-5-12-21-18)11-13-22-20(26)16-7-6-14-24(15-16)29(27,28)17-8-2-1-3-9-17/h1-5,8-10,12,16H,6-7,11,13-15H2,(H,22,26)(H,21,23,25). The van der Waals surface area contributed by atoms with E-state index in [1.807, 2.05) is 0 Å². The molecular formula is C20H24N4O4S. The first kappa shape index (κ1) is 20.9. The number of hydrogen-bond acceptors (Lipinski definition) is 5. The van der Waals surface area contributed by atoms with E-state index in [2.05, 4.69) is 15.6 Å². The van der Waals surface area contributed by atoms with E-state index in [0.29, 0.717) is 25.2 Å². The van der Waals surface area contributed by atoms with Crippen LogP contribution in [0.25, 0.3) is 0 Å². The second-order valence-corrected chi connectivity index (χ2v) is 8.76. The maximum Gasteiger partial charge on any atom is 0.243 e. The number of pyridine rings is 1. The smallest absolute Gasteiger partial charge is 0.243 e. The van der Waals surface area contributed by atoms with Crippen molar-refractivity contribution in [3.05, 3.63) is 54.7 Å². The van der Waals surface area contributed by atoms with Gasteiger partial charge in [0.25, 0.3) is 0 Å². The first-order valence-electron chi connectivity index (χ1n) is 9.50. The van der Waals surface area contributed by atoms with E-state index in [0.717, 1.165) is 0 Å². The largest absolute Gasteiger partial charge is 0.355 e. The number of benzene rings is 1. The molecule has 154 valence electrons. The van der Waals surface area contributed by atoms with Gasteiger partial charge in [-0.05, 0) is 37.1 Å². The maximum atomic E-state index is 12.8. The van der Waals surface area contributed by atoms with Crippen LogP contribution in [0.15, 0.2) is 59.6 Å². The lowest BCUT2D eigenvalue weighted by Crippen LogP contribution is -2.45. The Morgan fingerprint density at radius 3 is 2.59 bits per heavy atom. The van der Waals surface area contributed by atoms with Crippen molar-refractivity contribution in [3.63, 3.8) is 0 Å². The van der Waals surface area contributed by atoms with Gasteiger partial charge in [0.15, 0.2) is 0 Å². The number of nitrogens with zero attached hydrogens (tertiary/aromatic N) is 2. The summed E-state index contributed by atoms with van der Waals surface area (Å²) in [6.45, 7) is 0.718. The lowest BCUT2D eigenvalue weighted by Gasteiger charge is -2.31. The van der Waals surface area contributed by atoms with Gasteiger partial charge in [-0.1, -0.05) is 24.3 Å². The van der Waals surface area contributed by atoms with Gasteiger partial charge in [0, 0.05) is 32.3 Å². The van der Waals surface area contributed by atoms with Crippen molar-refractivity contribution in [2.45, 2.75) is 24.2 Å². The molecule has 0 aliphatic carbocycles. The van der Waals surface area contributed by atoms with Gasteiger partial charge >= 0.3 is 0 Å². The van der Waals surface area contributed by atoms with Crippen LogP contribution in [0.5, 0.6) is 0 Å². The Hall–Kier alpha value is -2.78. The number of carbonyl (C=O) groups is 2. The van der Waals surface area contributed by atoms with Crippen molar-refractivity contribution in [1.82, 2.24) is 14.6 Å². The highest BCUT2D eigenvalue weighted by Gasteiger charge is 2.33. The monoisotopic (exact) mass is 416 g/mol. The molecule has 1 atom stereocenters. The molecule has 1 aromatic heterocycles. The average molecular weight is 417 g/mol. The minimum atomic E-state index is -3.61. The number of aromatic nitrogens is 1. The summed E-state index contributed by atoms with van der Waals surface area (Å²) in [6.07, 6.45) is 2.92. The zero-order valence-corrected chi connectivity index (χ0v) is 16.8. The minimum Gasteiger partial charge on any atom is -0.355 e. The summed E-state index contributed by atoms with van der Waals surface area (Å²) < 4.78 is 26.9. The third-order valence-corrected chi connectivity index (χ3v) is 6.60. The number of sulfonamides is 1. The number of anilines is 1. The summed E-state index contributed by atoms with van der Waals surface area (Å²) in [7, 11) is -3.61. The van der Waals surface area contributed by atoms with Crippen LogP contribution in [0.2, 0.25) is 0 Å². The Morgan fingerprint density at radius 2 is 1.86 bits per heavy atom. The molecule has 0 saturated carbocycles. The summed E-state index contributed by atoms with van der Waals surface area (Å²) in [4.78, 5) is 28.6. The molecular weight excluding hydrogens is 392 g/mol. The Labute approximate surface area is 170 Å². The number of rotatable bonds is 7. The second-order valence-electron chi connectivity index (χ2n) is 6.82. The number of nitrogens with one attached hydrogen (secondary N) is 2. The fourth-order valence-electron chi connectivity index (χ4n) is 3.20. The summed E-state index contributed by atoms with van der Waals surface area (Å²) >= 11 is 0. The fourth-order valence-corrected chi connectivity index (χ4v) is 4.75. The van der Waals surface area contributed by atoms with Crippen LogP contribution in [-0.2, 0) is 19.6 Å². The predicted molar refractivity (Wildman–Crippen MR) is 108 cm³/mol. The molecule has 8 nitrogen and oxygen atoms in total. The van der Waals surface area contributed by atoms with Crippen molar-refractivity contribution >= 4 is 27.7 Å². The number of hydrogen-bond donors (Lipinski definition) is 2. The molecule has 29 heavy (non-hydrogen) atoms. The van der Waals surface area contributed by atoms with E-state index in [1.165, 1.54) is 4.31 Å². The molecule has 1 aromatic carbocycles. The molecule has 2 heterocycles. The molecule has 2 N–H and O–H groups in total. The molecule has 2 amide bonds. The van der Waals surface area contributed by atoms with Gasteiger partial charge in [-0.3, -0.25) is 9.59 Å². The van der Waals surface area contributed by atoms with Crippen LogP contribution in [0, 0.1) is 5.92 Å². The minimum absolute atomic E-state index is 0.112. The Morgan fingerprint density at radius 1 is 1.10 bits per heavy atom. The highest BCUT2D eigenvalue weighted by Crippen LogP contribution is 2.23. The number of carbonyl (C=O) groups excluding carboxylic acids is 2. The van der Waals surface area contributed by atoms with Crippen LogP contribution < -0.4 is 10.6 Å². The zero-order chi connectivity index (χ0) is 20.7. The van der Waals surface area contributed by atoms with Gasteiger partial charge in [0.05, 0.1) is 10.8 Å². The summed E-state index contributed by atoms with van der Waals surface area (Å²) in [5, 5.41) is 5.39. The van der Waals surface area contributed by atoms with E-state index in [9.17, 15) is 18.0 Å². The zero-order valence-electron chi connectivity index (χ0n) is 16.0. The molecule has 9 heteroatoms. The highest BCUT2D eigenvalue weighted by molar-refractivity contribution is 7.89. The Kier molecular flexibility index (Phi) is 6.95. The molecule has 1 unspecified atom stereocenters. The molecule has 0 radical (unpaired) electrons. The van der Waals surface area contributed by atoms with Crippen molar-refractivity contribution in [2.24, 2.45) is 5.92 Å². The third kappa shape index (κ3) is 5.61. The van der Waals surface area contributed by atoms with Crippen molar-refractivity contribution < 1.29 is 18.0 Å². The average Bonchev–Trinajstić information content (AvgIpc) is 2.75. The van der Waals surface area contributed by atoms with Gasteiger partial charge in [-0.25, -0.2) is 13.4 Å². The molecule has 1 fully saturated rings. The molecule has 1 aliphatic heterocycles. The fraction of sp³-hybridized carbons (Fsp3) is 0.350. The highest BCUT2D eigenvalue weighted by atomic mass is 32.2. The van der Waals surface area contributed by atoms with E-state index in [-0.39, 0.29) is 36.2 Å². The first-order chi connectivity index (χ1) is 14.0. The Bertz CT molecular complexity index is 935.